The quantitative estimate of drug-likeness (QED) is 0.743. The van der Waals surface area contributed by atoms with Crippen LogP contribution in [0.5, 0.6) is 0 Å². The molecule has 21 heavy (non-hydrogen) atoms. The first kappa shape index (κ1) is 16.5. The molecule has 1 aliphatic rings. The summed E-state index contributed by atoms with van der Waals surface area (Å²) in [5, 5.41) is 9.83. The Bertz CT molecular complexity index is 560. The Balaban J connectivity index is 2.02. The lowest BCUT2D eigenvalue weighted by Gasteiger charge is -2.26. The Morgan fingerprint density at radius 3 is 2.57 bits per heavy atom. The molecule has 0 amide bonds. The summed E-state index contributed by atoms with van der Waals surface area (Å²) in [6.45, 7) is 5.09. The SMILES string of the molecule is CNCc1c(S(=O)(=O)NCC2CCC(C)CC2)n[nH]c1C. The maximum atomic E-state index is 12.4. The maximum absolute atomic E-state index is 12.4. The molecule has 0 aromatic carbocycles. The largest absolute Gasteiger partial charge is 0.316 e. The van der Waals surface area contributed by atoms with Crippen LogP contribution in [-0.2, 0) is 16.6 Å². The molecule has 7 heteroatoms. The van der Waals surface area contributed by atoms with Gasteiger partial charge in [0.1, 0.15) is 0 Å². The highest BCUT2D eigenvalue weighted by atomic mass is 32.2. The number of hydrogen-bond donors (Lipinski definition) is 3. The van der Waals surface area contributed by atoms with E-state index < -0.39 is 10.0 Å². The van der Waals surface area contributed by atoms with Gasteiger partial charge in [-0.3, -0.25) is 5.10 Å². The minimum absolute atomic E-state index is 0.124. The van der Waals surface area contributed by atoms with E-state index >= 15 is 0 Å². The lowest BCUT2D eigenvalue weighted by Crippen LogP contribution is -2.32. The highest BCUT2D eigenvalue weighted by molar-refractivity contribution is 7.89. The summed E-state index contributed by atoms with van der Waals surface area (Å²) in [5.41, 5.74) is 1.50. The second-order valence-electron chi connectivity index (χ2n) is 6.14. The molecule has 3 N–H and O–H groups in total. The minimum atomic E-state index is -3.54. The van der Waals surface area contributed by atoms with E-state index in [9.17, 15) is 8.42 Å². The van der Waals surface area contributed by atoms with Gasteiger partial charge in [0, 0.05) is 24.3 Å². The van der Waals surface area contributed by atoms with Crippen LogP contribution in [0.3, 0.4) is 0 Å². The molecule has 1 heterocycles. The highest BCUT2D eigenvalue weighted by Crippen LogP contribution is 2.28. The zero-order valence-electron chi connectivity index (χ0n) is 13.1. The third kappa shape index (κ3) is 4.05. The fraction of sp³-hybridized carbons (Fsp3) is 0.786. The lowest BCUT2D eigenvalue weighted by molar-refractivity contribution is 0.290. The summed E-state index contributed by atoms with van der Waals surface area (Å²) >= 11 is 0. The molecule has 6 nitrogen and oxygen atoms in total. The summed E-state index contributed by atoms with van der Waals surface area (Å²) in [4.78, 5) is 0. The van der Waals surface area contributed by atoms with Crippen molar-refractivity contribution in [3.05, 3.63) is 11.3 Å². The number of aromatic nitrogens is 2. The Kier molecular flexibility index (Phi) is 5.40. The van der Waals surface area contributed by atoms with Crippen LogP contribution in [-0.4, -0.2) is 32.2 Å². The average molecular weight is 314 g/mol. The molecule has 0 spiro atoms. The van der Waals surface area contributed by atoms with Crippen molar-refractivity contribution in [2.75, 3.05) is 13.6 Å². The van der Waals surface area contributed by atoms with E-state index in [0.717, 1.165) is 24.5 Å². The molecule has 0 radical (unpaired) electrons. The van der Waals surface area contributed by atoms with Gasteiger partial charge in [0.15, 0.2) is 5.03 Å². The smallest absolute Gasteiger partial charge is 0.260 e. The standard InChI is InChI=1S/C14H26N4O2S/c1-10-4-6-12(7-5-10)8-16-21(19,20)14-13(9-15-3)11(2)17-18-14/h10,12,15-16H,4-9H2,1-3H3,(H,17,18). The Hall–Kier alpha value is -0.920. The number of hydrogen-bond acceptors (Lipinski definition) is 4. The molecule has 1 saturated carbocycles. The molecule has 1 fully saturated rings. The maximum Gasteiger partial charge on any atom is 0.260 e. The summed E-state index contributed by atoms with van der Waals surface area (Å²) in [6, 6.07) is 0. The van der Waals surface area contributed by atoms with Crippen molar-refractivity contribution < 1.29 is 8.42 Å². The number of nitrogens with zero attached hydrogens (tertiary/aromatic N) is 1. The Morgan fingerprint density at radius 1 is 1.29 bits per heavy atom. The highest BCUT2D eigenvalue weighted by Gasteiger charge is 2.25. The van der Waals surface area contributed by atoms with Crippen molar-refractivity contribution in [2.24, 2.45) is 11.8 Å². The normalized spacial score (nSPS) is 23.4. The van der Waals surface area contributed by atoms with Gasteiger partial charge in [-0.25, -0.2) is 13.1 Å². The second kappa shape index (κ2) is 6.89. The molecule has 0 saturated heterocycles. The fourth-order valence-corrected chi connectivity index (χ4v) is 4.17. The molecule has 120 valence electrons. The second-order valence-corrected chi connectivity index (χ2v) is 7.82. The Labute approximate surface area is 127 Å². The van der Waals surface area contributed by atoms with E-state index in [4.69, 9.17) is 0 Å². The number of aryl methyl sites for hydroxylation is 1. The van der Waals surface area contributed by atoms with Gasteiger partial charge in [-0.1, -0.05) is 19.8 Å². The summed E-state index contributed by atoms with van der Waals surface area (Å²) in [7, 11) is -1.75. The number of nitrogens with one attached hydrogen (secondary N) is 3. The molecule has 1 aromatic rings. The van der Waals surface area contributed by atoms with E-state index in [1.54, 1.807) is 7.05 Å². The van der Waals surface area contributed by atoms with Crippen LogP contribution in [0.1, 0.15) is 43.9 Å². The molecule has 0 atom stereocenters. The van der Waals surface area contributed by atoms with Crippen LogP contribution < -0.4 is 10.0 Å². The molecular formula is C14H26N4O2S. The first-order valence-electron chi connectivity index (χ1n) is 7.62. The van der Waals surface area contributed by atoms with Crippen LogP contribution in [0.4, 0.5) is 0 Å². The number of sulfonamides is 1. The summed E-state index contributed by atoms with van der Waals surface area (Å²) < 4.78 is 27.6. The van der Waals surface area contributed by atoms with E-state index in [-0.39, 0.29) is 5.03 Å². The van der Waals surface area contributed by atoms with Crippen molar-refractivity contribution in [2.45, 2.75) is 51.1 Å². The predicted molar refractivity (Wildman–Crippen MR) is 82.4 cm³/mol. The molecule has 1 aromatic heterocycles. The molecular weight excluding hydrogens is 288 g/mol. The van der Waals surface area contributed by atoms with Gasteiger partial charge in [0.25, 0.3) is 10.0 Å². The third-order valence-corrected chi connectivity index (χ3v) is 5.74. The van der Waals surface area contributed by atoms with E-state index in [2.05, 4.69) is 27.2 Å². The lowest BCUT2D eigenvalue weighted by atomic mass is 9.83. The Morgan fingerprint density at radius 2 is 1.95 bits per heavy atom. The average Bonchev–Trinajstić information content (AvgIpc) is 2.81. The van der Waals surface area contributed by atoms with Gasteiger partial charge in [0.05, 0.1) is 0 Å². The zero-order chi connectivity index (χ0) is 15.5. The monoisotopic (exact) mass is 314 g/mol. The molecule has 2 rings (SSSR count). The van der Waals surface area contributed by atoms with Gasteiger partial charge >= 0.3 is 0 Å². The number of rotatable bonds is 6. The molecule has 0 bridgehead atoms. The number of aromatic amines is 1. The van der Waals surface area contributed by atoms with Gasteiger partial charge in [-0.15, -0.1) is 0 Å². The van der Waals surface area contributed by atoms with Gasteiger partial charge in [-0.05, 0) is 38.6 Å². The first-order valence-corrected chi connectivity index (χ1v) is 9.10. The number of H-pyrrole nitrogens is 1. The van der Waals surface area contributed by atoms with Crippen molar-refractivity contribution >= 4 is 10.0 Å². The van der Waals surface area contributed by atoms with Crippen molar-refractivity contribution in [3.63, 3.8) is 0 Å². The van der Waals surface area contributed by atoms with Gasteiger partial charge < -0.3 is 5.32 Å². The van der Waals surface area contributed by atoms with Crippen molar-refractivity contribution in [1.29, 1.82) is 0 Å². The third-order valence-electron chi connectivity index (χ3n) is 4.34. The van der Waals surface area contributed by atoms with Crippen LogP contribution in [0.15, 0.2) is 5.03 Å². The van der Waals surface area contributed by atoms with Crippen LogP contribution >= 0.6 is 0 Å². The van der Waals surface area contributed by atoms with Crippen LogP contribution in [0, 0.1) is 18.8 Å². The van der Waals surface area contributed by atoms with Crippen molar-refractivity contribution in [1.82, 2.24) is 20.2 Å². The van der Waals surface area contributed by atoms with E-state index in [1.807, 2.05) is 6.92 Å². The minimum Gasteiger partial charge on any atom is -0.316 e. The van der Waals surface area contributed by atoms with Gasteiger partial charge in [0.2, 0.25) is 0 Å². The summed E-state index contributed by atoms with van der Waals surface area (Å²) in [5.74, 6) is 1.22. The topological polar surface area (TPSA) is 86.9 Å². The molecule has 0 aliphatic heterocycles. The molecule has 0 unspecified atom stereocenters. The van der Waals surface area contributed by atoms with Crippen molar-refractivity contribution in [3.8, 4) is 0 Å². The molecule has 1 aliphatic carbocycles. The fourth-order valence-electron chi connectivity index (χ4n) is 2.87. The first-order chi connectivity index (χ1) is 9.94. The van der Waals surface area contributed by atoms with Gasteiger partial charge in [-0.2, -0.15) is 5.10 Å². The van der Waals surface area contributed by atoms with Crippen LogP contribution in [0.2, 0.25) is 0 Å². The van der Waals surface area contributed by atoms with Crippen LogP contribution in [0.25, 0.3) is 0 Å². The zero-order valence-corrected chi connectivity index (χ0v) is 13.9. The predicted octanol–water partition coefficient (Wildman–Crippen LogP) is 1.54. The van der Waals surface area contributed by atoms with E-state index in [0.29, 0.717) is 24.6 Å². The summed E-state index contributed by atoms with van der Waals surface area (Å²) in [6.07, 6.45) is 4.59. The van der Waals surface area contributed by atoms with E-state index in [1.165, 1.54) is 12.8 Å².